The third-order valence-corrected chi connectivity index (χ3v) is 2.46. The van der Waals surface area contributed by atoms with Crippen molar-refractivity contribution in [3.05, 3.63) is 42.8 Å². The Morgan fingerprint density at radius 2 is 1.87 bits per heavy atom. The molecule has 0 saturated carbocycles. The van der Waals surface area contributed by atoms with E-state index >= 15 is 0 Å². The summed E-state index contributed by atoms with van der Waals surface area (Å²) in [6.45, 7) is 4.30. The second kappa shape index (κ2) is 6.99. The quantitative estimate of drug-likeness (QED) is 0.524. The van der Waals surface area contributed by atoms with Crippen molar-refractivity contribution >= 4 is 0 Å². The van der Waals surface area contributed by atoms with E-state index in [2.05, 4.69) is 6.92 Å². The Kier molecular flexibility index (Phi) is 7.25. The second-order valence-corrected chi connectivity index (χ2v) is 3.40. The summed E-state index contributed by atoms with van der Waals surface area (Å²) in [5, 5.41) is 9.44. The van der Waals surface area contributed by atoms with Crippen LogP contribution in [0.5, 0.6) is 0 Å². The Morgan fingerprint density at radius 3 is 2.33 bits per heavy atom. The summed E-state index contributed by atoms with van der Waals surface area (Å²) in [7, 11) is 0. The van der Waals surface area contributed by atoms with Crippen LogP contribution in [0.2, 0.25) is 0 Å². The standard InChI is InChI=1S/C11H13O2.BrH.Hg/c1-8-10(12)7-13-11(8)9-5-3-2-4-6-9;;/h2-6,8,10-12H,1,7H2;1H;/q;;+1/p-1/t8-,10+,11+;;/m1../s1. The monoisotopic (exact) mass is 458 g/mol. The zero-order valence-electron chi connectivity index (χ0n) is 8.47. The molecule has 2 rings (SSSR count). The summed E-state index contributed by atoms with van der Waals surface area (Å²) in [6, 6.07) is 9.90. The fraction of sp³-hybridized carbons (Fsp3) is 0.364. The van der Waals surface area contributed by atoms with E-state index in [-0.39, 0.29) is 56.7 Å². The van der Waals surface area contributed by atoms with Gasteiger partial charge in [0.05, 0.1) is 18.8 Å². The third kappa shape index (κ3) is 3.51. The van der Waals surface area contributed by atoms with Gasteiger partial charge in [0.25, 0.3) is 0 Å². The number of aliphatic hydroxyl groups excluding tert-OH is 1. The van der Waals surface area contributed by atoms with Gasteiger partial charge in [-0.3, -0.25) is 0 Å². The average Bonchev–Trinajstić information content (AvgIpc) is 2.49. The average molecular weight is 458 g/mol. The first kappa shape index (κ1) is 15.6. The third-order valence-electron chi connectivity index (χ3n) is 2.46. The fourth-order valence-corrected chi connectivity index (χ4v) is 1.64. The molecule has 0 amide bonds. The molecule has 0 spiro atoms. The van der Waals surface area contributed by atoms with E-state index in [0.717, 1.165) is 5.56 Å². The van der Waals surface area contributed by atoms with Crippen molar-refractivity contribution in [1.82, 2.24) is 0 Å². The van der Waals surface area contributed by atoms with Crippen LogP contribution < -0.4 is 17.0 Å². The van der Waals surface area contributed by atoms with Crippen LogP contribution in [0.1, 0.15) is 11.7 Å². The number of benzene rings is 1. The molecule has 1 saturated heterocycles. The number of ether oxygens (including phenoxy) is 1. The Hall–Kier alpha value is 0.555. The maximum atomic E-state index is 9.44. The van der Waals surface area contributed by atoms with Crippen molar-refractivity contribution in [2.24, 2.45) is 5.92 Å². The Balaban J connectivity index is 0.000000980. The number of hydrogen-bond donors (Lipinski definition) is 1. The molecule has 2 radical (unpaired) electrons. The Morgan fingerprint density at radius 1 is 1.27 bits per heavy atom. The van der Waals surface area contributed by atoms with Gasteiger partial charge in [-0.1, -0.05) is 30.3 Å². The molecule has 1 aromatic carbocycles. The minimum atomic E-state index is -0.426. The number of hydrogen-bond acceptors (Lipinski definition) is 2. The van der Waals surface area contributed by atoms with Crippen molar-refractivity contribution in [2.45, 2.75) is 12.2 Å². The molecule has 1 fully saturated rings. The molecule has 78 valence electrons. The van der Waals surface area contributed by atoms with Crippen molar-refractivity contribution < 1.29 is 54.5 Å². The van der Waals surface area contributed by atoms with E-state index in [1.807, 2.05) is 30.3 Å². The van der Waals surface area contributed by atoms with Crippen molar-refractivity contribution in [1.29, 1.82) is 0 Å². The Labute approximate surface area is 121 Å². The molecule has 4 heteroatoms. The van der Waals surface area contributed by atoms with Gasteiger partial charge in [-0.2, -0.15) is 0 Å². The van der Waals surface area contributed by atoms with Crippen molar-refractivity contribution in [3.8, 4) is 0 Å². The fourth-order valence-electron chi connectivity index (χ4n) is 1.64. The molecule has 1 heterocycles. The minimum Gasteiger partial charge on any atom is -1.00 e. The molecule has 0 aliphatic carbocycles. The van der Waals surface area contributed by atoms with Crippen LogP contribution in [-0.2, 0) is 32.4 Å². The molecule has 0 aromatic heterocycles. The molecule has 1 aromatic rings. The predicted octanol–water partition coefficient (Wildman–Crippen LogP) is -1.43. The van der Waals surface area contributed by atoms with Crippen LogP contribution in [0, 0.1) is 12.8 Å². The summed E-state index contributed by atoms with van der Waals surface area (Å²) in [4.78, 5) is 0. The smallest absolute Gasteiger partial charge is 1.00 e. The summed E-state index contributed by atoms with van der Waals surface area (Å²) in [5.41, 5.74) is 1.10. The molecular weight excluding hydrogens is 445 g/mol. The molecule has 3 atom stereocenters. The largest absolute Gasteiger partial charge is 1.00 e. The van der Waals surface area contributed by atoms with Gasteiger partial charge in [-0.05, 0) is 12.5 Å². The van der Waals surface area contributed by atoms with Gasteiger partial charge in [0.1, 0.15) is 0 Å². The molecule has 2 nitrogen and oxygen atoms in total. The Bertz CT molecular complexity index is 281. The first-order chi connectivity index (χ1) is 6.29. The van der Waals surface area contributed by atoms with Crippen LogP contribution in [0.3, 0.4) is 0 Å². The molecular formula is C11H13BrHgO2. The first-order valence-corrected chi connectivity index (χ1v) is 4.47. The summed E-state index contributed by atoms with van der Waals surface area (Å²) >= 11 is 0. The number of halogens is 1. The van der Waals surface area contributed by atoms with Gasteiger partial charge in [0.2, 0.25) is 0 Å². The van der Waals surface area contributed by atoms with Crippen LogP contribution in [-0.4, -0.2) is 17.8 Å². The number of aliphatic hydroxyl groups is 1. The predicted molar refractivity (Wildman–Crippen MR) is 50.0 cm³/mol. The van der Waals surface area contributed by atoms with Gasteiger partial charge in [-0.15, -0.1) is 0 Å². The maximum absolute atomic E-state index is 9.44. The van der Waals surface area contributed by atoms with Crippen LogP contribution >= 0.6 is 0 Å². The van der Waals surface area contributed by atoms with Gasteiger partial charge in [0.15, 0.2) is 0 Å². The second-order valence-electron chi connectivity index (χ2n) is 3.40. The van der Waals surface area contributed by atoms with E-state index in [1.54, 1.807) is 0 Å². The van der Waals surface area contributed by atoms with Crippen LogP contribution in [0.25, 0.3) is 0 Å². The maximum Gasteiger partial charge on any atom is 1.00 e. The number of rotatable bonds is 1. The van der Waals surface area contributed by atoms with Crippen molar-refractivity contribution in [2.75, 3.05) is 6.61 Å². The topological polar surface area (TPSA) is 29.5 Å². The SMILES string of the molecule is [Br-].[CH2][C@H]1[C@@H](c2ccccc2)OC[C@@H]1O.[Hg+]. The van der Waals surface area contributed by atoms with Crippen LogP contribution in [0.4, 0.5) is 0 Å². The van der Waals surface area contributed by atoms with E-state index in [4.69, 9.17) is 4.74 Å². The molecule has 1 aliphatic rings. The molecule has 1 N–H and O–H groups in total. The van der Waals surface area contributed by atoms with Crippen LogP contribution in [0.15, 0.2) is 30.3 Å². The zero-order chi connectivity index (χ0) is 9.26. The molecule has 15 heavy (non-hydrogen) atoms. The summed E-state index contributed by atoms with van der Waals surface area (Å²) in [5.74, 6) is -0.0533. The van der Waals surface area contributed by atoms with Gasteiger partial charge >= 0.3 is 27.7 Å². The van der Waals surface area contributed by atoms with E-state index < -0.39 is 6.10 Å². The first-order valence-electron chi connectivity index (χ1n) is 4.47. The van der Waals surface area contributed by atoms with Gasteiger partial charge < -0.3 is 26.8 Å². The summed E-state index contributed by atoms with van der Waals surface area (Å²) < 4.78 is 5.45. The molecule has 0 unspecified atom stereocenters. The minimum absolute atomic E-state index is 0. The van der Waals surface area contributed by atoms with E-state index in [1.165, 1.54) is 0 Å². The van der Waals surface area contributed by atoms with Gasteiger partial charge in [0, 0.05) is 5.92 Å². The molecule has 0 bridgehead atoms. The van der Waals surface area contributed by atoms with Crippen molar-refractivity contribution in [3.63, 3.8) is 0 Å². The van der Waals surface area contributed by atoms with E-state index in [9.17, 15) is 5.11 Å². The normalized spacial score (nSPS) is 29.1. The summed E-state index contributed by atoms with van der Waals surface area (Å²) in [6.07, 6.45) is -0.471. The van der Waals surface area contributed by atoms with Gasteiger partial charge in [-0.25, -0.2) is 0 Å². The molecule has 1 aliphatic heterocycles. The zero-order valence-corrected chi connectivity index (χ0v) is 15.6. The van der Waals surface area contributed by atoms with E-state index in [0.29, 0.717) is 6.61 Å².